The highest BCUT2D eigenvalue weighted by Crippen LogP contribution is 2.33. The Kier molecular flexibility index (Phi) is 3.68. The van der Waals surface area contributed by atoms with Gasteiger partial charge in [0.25, 0.3) is 0 Å². The number of rotatable bonds is 3. The van der Waals surface area contributed by atoms with Crippen LogP contribution in [0.15, 0.2) is 11.0 Å². The lowest BCUT2D eigenvalue weighted by molar-refractivity contribution is -0.00759. The van der Waals surface area contributed by atoms with Crippen molar-refractivity contribution in [3.05, 3.63) is 22.2 Å². The number of hydrogen-bond donors (Lipinski definition) is 2. The van der Waals surface area contributed by atoms with Crippen molar-refractivity contribution in [1.82, 2.24) is 9.55 Å². The smallest absolute Gasteiger partial charge is 0.351 e. The van der Waals surface area contributed by atoms with Crippen LogP contribution in [0.1, 0.15) is 38.5 Å². The summed E-state index contributed by atoms with van der Waals surface area (Å²) in [6.07, 6.45) is 3.36. The van der Waals surface area contributed by atoms with Gasteiger partial charge in [0, 0.05) is 18.3 Å². The molecule has 6 nitrogen and oxygen atoms in total. The summed E-state index contributed by atoms with van der Waals surface area (Å²) in [6, 6.07) is 0. The van der Waals surface area contributed by atoms with Crippen LogP contribution in [0.3, 0.4) is 0 Å². The highest BCUT2D eigenvalue weighted by molar-refractivity contribution is 5.36. The molecule has 1 saturated heterocycles. The van der Waals surface area contributed by atoms with E-state index in [0.29, 0.717) is 11.5 Å². The number of nitrogen functional groups attached to an aromatic ring is 1. The third-order valence-electron chi connectivity index (χ3n) is 3.53. The lowest BCUT2D eigenvalue weighted by Crippen LogP contribution is -2.29. The summed E-state index contributed by atoms with van der Waals surface area (Å²) >= 11 is 0. The van der Waals surface area contributed by atoms with Gasteiger partial charge in [-0.05, 0) is 18.8 Å². The highest BCUT2D eigenvalue weighted by atomic mass is 16.5. The Morgan fingerprint density at radius 2 is 2.33 bits per heavy atom. The van der Waals surface area contributed by atoms with E-state index in [2.05, 4.69) is 18.8 Å². The molecule has 3 atom stereocenters. The number of nitrogens with two attached hydrogens (primary N) is 2. The molecule has 18 heavy (non-hydrogen) atoms. The maximum absolute atomic E-state index is 11.8. The van der Waals surface area contributed by atoms with E-state index in [-0.39, 0.29) is 30.4 Å². The van der Waals surface area contributed by atoms with Crippen LogP contribution >= 0.6 is 0 Å². The summed E-state index contributed by atoms with van der Waals surface area (Å²) in [6.45, 7) is 4.48. The summed E-state index contributed by atoms with van der Waals surface area (Å²) < 4.78 is 7.38. The van der Waals surface area contributed by atoms with Crippen molar-refractivity contribution in [2.75, 3.05) is 5.73 Å². The molecular formula is C12H20N4O2. The third-order valence-corrected chi connectivity index (χ3v) is 3.53. The zero-order valence-electron chi connectivity index (χ0n) is 10.8. The van der Waals surface area contributed by atoms with E-state index in [0.717, 1.165) is 12.8 Å². The minimum atomic E-state index is -0.376. The molecule has 2 rings (SSSR count). The maximum atomic E-state index is 11.8. The third kappa shape index (κ3) is 2.26. The van der Waals surface area contributed by atoms with Gasteiger partial charge in [0.2, 0.25) is 0 Å². The molecule has 0 aromatic carbocycles. The molecule has 1 fully saturated rings. The van der Waals surface area contributed by atoms with Crippen LogP contribution < -0.4 is 17.2 Å². The topological polar surface area (TPSA) is 96.2 Å². The Labute approximate surface area is 106 Å². The summed E-state index contributed by atoms with van der Waals surface area (Å²) in [4.78, 5) is 15.6. The van der Waals surface area contributed by atoms with Gasteiger partial charge in [0.05, 0.1) is 6.10 Å². The fourth-order valence-corrected chi connectivity index (χ4v) is 2.42. The van der Waals surface area contributed by atoms with Gasteiger partial charge in [-0.25, -0.2) is 4.79 Å². The second-order valence-corrected chi connectivity index (χ2v) is 4.80. The fourth-order valence-electron chi connectivity index (χ4n) is 2.42. The van der Waals surface area contributed by atoms with Crippen LogP contribution in [0.2, 0.25) is 0 Å². The van der Waals surface area contributed by atoms with E-state index in [9.17, 15) is 4.79 Å². The molecular weight excluding hydrogens is 232 g/mol. The SMILES string of the molecule is CC[C@H]1O[C@@H](n2cc(CN)c(N)nc2=O)C[C@@H]1C. The average Bonchev–Trinajstić information content (AvgIpc) is 2.70. The van der Waals surface area contributed by atoms with Gasteiger partial charge >= 0.3 is 5.69 Å². The molecule has 0 bridgehead atoms. The molecule has 4 N–H and O–H groups in total. The normalized spacial score (nSPS) is 27.6. The number of anilines is 1. The molecule has 100 valence electrons. The number of nitrogens with zero attached hydrogens (tertiary/aromatic N) is 2. The van der Waals surface area contributed by atoms with Crippen molar-refractivity contribution in [2.45, 2.75) is 45.6 Å². The first-order valence-electron chi connectivity index (χ1n) is 6.29. The minimum absolute atomic E-state index is 0.195. The highest BCUT2D eigenvalue weighted by Gasteiger charge is 2.32. The summed E-state index contributed by atoms with van der Waals surface area (Å²) in [7, 11) is 0. The van der Waals surface area contributed by atoms with Crippen LogP contribution in [-0.2, 0) is 11.3 Å². The van der Waals surface area contributed by atoms with Gasteiger partial charge in [0.15, 0.2) is 0 Å². The van der Waals surface area contributed by atoms with Crippen molar-refractivity contribution < 1.29 is 4.74 Å². The minimum Gasteiger partial charge on any atom is -0.383 e. The van der Waals surface area contributed by atoms with Crippen molar-refractivity contribution in [3.8, 4) is 0 Å². The second kappa shape index (κ2) is 5.07. The molecule has 0 unspecified atom stereocenters. The Hall–Kier alpha value is -1.40. The fraction of sp³-hybridized carbons (Fsp3) is 0.667. The van der Waals surface area contributed by atoms with E-state index in [1.54, 1.807) is 6.20 Å². The second-order valence-electron chi connectivity index (χ2n) is 4.80. The quantitative estimate of drug-likeness (QED) is 0.822. The van der Waals surface area contributed by atoms with Crippen LogP contribution in [0.4, 0.5) is 5.82 Å². The molecule has 0 radical (unpaired) electrons. The van der Waals surface area contributed by atoms with Gasteiger partial charge in [0.1, 0.15) is 12.0 Å². The Morgan fingerprint density at radius 3 is 2.89 bits per heavy atom. The molecule has 0 saturated carbocycles. The monoisotopic (exact) mass is 252 g/mol. The Morgan fingerprint density at radius 1 is 1.61 bits per heavy atom. The predicted octanol–water partition coefficient (Wildman–Crippen LogP) is 0.618. The van der Waals surface area contributed by atoms with Crippen molar-refractivity contribution in [3.63, 3.8) is 0 Å². The molecule has 6 heteroatoms. The first kappa shape index (κ1) is 13.0. The number of aromatic nitrogens is 2. The molecule has 2 heterocycles. The molecule has 0 spiro atoms. The van der Waals surface area contributed by atoms with Gasteiger partial charge in [-0.15, -0.1) is 0 Å². The Bertz CT molecular complexity index is 485. The molecule has 0 aliphatic carbocycles. The van der Waals surface area contributed by atoms with Crippen LogP contribution in [0.25, 0.3) is 0 Å². The van der Waals surface area contributed by atoms with Gasteiger partial charge in [-0.3, -0.25) is 4.57 Å². The van der Waals surface area contributed by atoms with E-state index >= 15 is 0 Å². The van der Waals surface area contributed by atoms with Crippen molar-refractivity contribution in [1.29, 1.82) is 0 Å². The predicted molar refractivity (Wildman–Crippen MR) is 68.8 cm³/mol. The maximum Gasteiger partial charge on any atom is 0.351 e. The van der Waals surface area contributed by atoms with Crippen LogP contribution in [-0.4, -0.2) is 15.7 Å². The zero-order valence-corrected chi connectivity index (χ0v) is 10.8. The molecule has 1 aromatic rings. The van der Waals surface area contributed by atoms with Gasteiger partial charge in [-0.1, -0.05) is 13.8 Å². The molecule has 1 aliphatic heterocycles. The van der Waals surface area contributed by atoms with Gasteiger partial charge in [-0.2, -0.15) is 4.98 Å². The molecule has 1 aliphatic rings. The first-order valence-corrected chi connectivity index (χ1v) is 6.29. The van der Waals surface area contributed by atoms with E-state index in [1.807, 2.05) is 0 Å². The van der Waals surface area contributed by atoms with Crippen molar-refractivity contribution in [2.24, 2.45) is 11.7 Å². The lowest BCUT2D eigenvalue weighted by atomic mass is 10.0. The summed E-state index contributed by atoms with van der Waals surface area (Å²) in [5.41, 5.74) is 11.5. The number of ether oxygens (including phenoxy) is 1. The van der Waals surface area contributed by atoms with E-state index in [1.165, 1.54) is 4.57 Å². The standard InChI is InChI=1S/C12H20N4O2/c1-3-9-7(2)4-10(18-9)16-6-8(5-13)11(14)15-12(16)17/h6-7,9-10H,3-5,13H2,1-2H3,(H2,14,15,17)/t7-,9+,10+/m0/s1. The van der Waals surface area contributed by atoms with Gasteiger partial charge < -0.3 is 16.2 Å². The summed E-state index contributed by atoms with van der Waals surface area (Å²) in [5, 5.41) is 0. The first-order chi connectivity index (χ1) is 8.56. The van der Waals surface area contributed by atoms with Crippen LogP contribution in [0.5, 0.6) is 0 Å². The Balaban J connectivity index is 2.32. The number of hydrogen-bond acceptors (Lipinski definition) is 5. The average molecular weight is 252 g/mol. The molecule has 0 amide bonds. The van der Waals surface area contributed by atoms with Crippen molar-refractivity contribution >= 4 is 5.82 Å². The van der Waals surface area contributed by atoms with E-state index in [4.69, 9.17) is 16.2 Å². The summed E-state index contributed by atoms with van der Waals surface area (Å²) in [5.74, 6) is 0.641. The largest absolute Gasteiger partial charge is 0.383 e. The molecule has 1 aromatic heterocycles. The zero-order chi connectivity index (χ0) is 13.3. The van der Waals surface area contributed by atoms with E-state index < -0.39 is 0 Å². The van der Waals surface area contributed by atoms with Crippen LogP contribution in [0, 0.1) is 5.92 Å². The lowest BCUT2D eigenvalue weighted by Gasteiger charge is -2.16.